The molecule has 3 N–H and O–H groups in total. The summed E-state index contributed by atoms with van der Waals surface area (Å²) < 4.78 is 0. The molecule has 1 amide bonds. The molecule has 1 aromatic carbocycles. The molecule has 0 bridgehead atoms. The topological polar surface area (TPSA) is 72.2 Å². The molecule has 1 heterocycles. The molecule has 4 heteroatoms. The van der Waals surface area contributed by atoms with Crippen LogP contribution in [0, 0.1) is 5.41 Å². The maximum atomic E-state index is 12.6. The van der Waals surface area contributed by atoms with E-state index in [2.05, 4.69) is 5.32 Å². The minimum Gasteiger partial charge on any atom is -0.366 e. The predicted molar refractivity (Wildman–Crippen MR) is 79.0 cm³/mol. The lowest BCUT2D eigenvalue weighted by atomic mass is 9.80. The fourth-order valence-corrected chi connectivity index (χ4v) is 2.72. The van der Waals surface area contributed by atoms with E-state index in [1.807, 2.05) is 26.8 Å². The second kappa shape index (κ2) is 5.37. The van der Waals surface area contributed by atoms with E-state index in [-0.39, 0.29) is 11.7 Å². The van der Waals surface area contributed by atoms with Gasteiger partial charge in [0.1, 0.15) is 0 Å². The number of nitrogens with two attached hydrogens (primary N) is 1. The van der Waals surface area contributed by atoms with Crippen molar-refractivity contribution in [2.75, 3.05) is 13.1 Å². The average Bonchev–Trinajstić information content (AvgIpc) is 2.89. The lowest BCUT2D eigenvalue weighted by Crippen LogP contribution is -2.25. The average molecular weight is 274 g/mol. The van der Waals surface area contributed by atoms with Gasteiger partial charge in [0, 0.05) is 23.1 Å². The number of benzene rings is 1. The fraction of sp³-hybridized carbons (Fsp3) is 0.500. The second-order valence-electron chi connectivity index (χ2n) is 6.40. The van der Waals surface area contributed by atoms with Gasteiger partial charge in [-0.3, -0.25) is 9.59 Å². The minimum absolute atomic E-state index is 0.0579. The number of carbonyl (C=O) groups excluding carboxylic acids is 2. The number of amides is 1. The first-order valence-electron chi connectivity index (χ1n) is 7.00. The van der Waals surface area contributed by atoms with Crippen LogP contribution in [0.1, 0.15) is 59.4 Å². The Balaban J connectivity index is 2.59. The molecule has 1 fully saturated rings. The molecule has 4 nitrogen and oxygen atoms in total. The maximum Gasteiger partial charge on any atom is 0.249 e. The van der Waals surface area contributed by atoms with E-state index in [4.69, 9.17) is 5.73 Å². The van der Waals surface area contributed by atoms with Gasteiger partial charge in [0.15, 0.2) is 5.78 Å². The third-order valence-corrected chi connectivity index (χ3v) is 3.77. The molecular formula is C16H22N2O2. The minimum atomic E-state index is -0.475. The van der Waals surface area contributed by atoms with Crippen LogP contribution in [0.3, 0.4) is 0 Å². The summed E-state index contributed by atoms with van der Waals surface area (Å²) in [4.78, 5) is 24.3. The monoisotopic (exact) mass is 274 g/mol. The Hall–Kier alpha value is -1.68. The zero-order chi connectivity index (χ0) is 14.9. The highest BCUT2D eigenvalue weighted by atomic mass is 16.1. The number of hydrogen-bond acceptors (Lipinski definition) is 3. The van der Waals surface area contributed by atoms with E-state index < -0.39 is 11.3 Å². The van der Waals surface area contributed by atoms with E-state index >= 15 is 0 Å². The first-order valence-corrected chi connectivity index (χ1v) is 7.00. The van der Waals surface area contributed by atoms with Crippen LogP contribution in [-0.2, 0) is 0 Å². The van der Waals surface area contributed by atoms with Gasteiger partial charge in [0.05, 0.1) is 0 Å². The van der Waals surface area contributed by atoms with Crippen LogP contribution >= 0.6 is 0 Å². The third-order valence-electron chi connectivity index (χ3n) is 3.77. The summed E-state index contributed by atoms with van der Waals surface area (Å²) in [7, 11) is 0. The molecule has 1 aromatic rings. The standard InChI is InChI=1S/C16H22N2O2/c1-16(2,3)14(19)11-5-4-6-12(15(17)20)13(11)10-7-8-18-9-10/h4-6,10,18H,7-9H2,1-3H3,(H2,17,20). The number of nitrogens with one attached hydrogen (secondary N) is 1. The maximum absolute atomic E-state index is 12.6. The molecule has 20 heavy (non-hydrogen) atoms. The van der Waals surface area contributed by atoms with Crippen molar-refractivity contribution in [3.05, 3.63) is 34.9 Å². The van der Waals surface area contributed by atoms with E-state index in [9.17, 15) is 9.59 Å². The molecule has 108 valence electrons. The first kappa shape index (κ1) is 14.7. The van der Waals surface area contributed by atoms with Crippen LogP contribution in [-0.4, -0.2) is 24.8 Å². The molecule has 0 spiro atoms. The summed E-state index contributed by atoms with van der Waals surface area (Å²) in [6.07, 6.45) is 0.925. The highest BCUT2D eigenvalue weighted by Gasteiger charge is 2.31. The van der Waals surface area contributed by atoms with Crippen LogP contribution in [0.15, 0.2) is 18.2 Å². The molecule has 0 aromatic heterocycles. The van der Waals surface area contributed by atoms with Gasteiger partial charge >= 0.3 is 0 Å². The third kappa shape index (κ3) is 2.75. The van der Waals surface area contributed by atoms with Gasteiger partial charge in [0.2, 0.25) is 5.91 Å². The number of hydrogen-bond donors (Lipinski definition) is 2. The van der Waals surface area contributed by atoms with Gasteiger partial charge in [-0.25, -0.2) is 0 Å². The normalized spacial score (nSPS) is 19.1. The highest BCUT2D eigenvalue weighted by molar-refractivity contribution is 6.05. The SMILES string of the molecule is CC(C)(C)C(=O)c1cccc(C(N)=O)c1C1CCNC1. The van der Waals surface area contributed by atoms with E-state index in [0.717, 1.165) is 25.1 Å². The molecular weight excluding hydrogens is 252 g/mol. The molecule has 0 radical (unpaired) electrons. The van der Waals surface area contributed by atoms with Crippen LogP contribution in [0.25, 0.3) is 0 Å². The van der Waals surface area contributed by atoms with Crippen molar-refractivity contribution in [3.63, 3.8) is 0 Å². The van der Waals surface area contributed by atoms with Crippen LogP contribution in [0.4, 0.5) is 0 Å². The van der Waals surface area contributed by atoms with Gasteiger partial charge in [-0.2, -0.15) is 0 Å². The number of ketones is 1. The Morgan fingerprint density at radius 2 is 1.90 bits per heavy atom. The molecule has 0 saturated carbocycles. The fourth-order valence-electron chi connectivity index (χ4n) is 2.72. The zero-order valence-corrected chi connectivity index (χ0v) is 12.3. The molecule has 1 saturated heterocycles. The van der Waals surface area contributed by atoms with Gasteiger partial charge in [0.25, 0.3) is 0 Å². The Morgan fingerprint density at radius 3 is 2.40 bits per heavy atom. The van der Waals surface area contributed by atoms with E-state index in [1.165, 1.54) is 0 Å². The number of carbonyl (C=O) groups is 2. The molecule has 0 aliphatic carbocycles. The first-order chi connectivity index (χ1) is 9.32. The van der Waals surface area contributed by atoms with Crippen molar-refractivity contribution in [2.45, 2.75) is 33.1 Å². The Morgan fingerprint density at radius 1 is 1.25 bits per heavy atom. The Kier molecular flexibility index (Phi) is 3.95. The van der Waals surface area contributed by atoms with Crippen molar-refractivity contribution in [2.24, 2.45) is 11.1 Å². The zero-order valence-electron chi connectivity index (χ0n) is 12.3. The molecule has 1 atom stereocenters. The lowest BCUT2D eigenvalue weighted by molar-refractivity contribution is 0.0857. The van der Waals surface area contributed by atoms with Crippen molar-refractivity contribution in [1.29, 1.82) is 0 Å². The molecule has 1 unspecified atom stereocenters. The van der Waals surface area contributed by atoms with E-state index in [0.29, 0.717) is 11.1 Å². The summed E-state index contributed by atoms with van der Waals surface area (Å²) in [5.74, 6) is -0.224. The predicted octanol–water partition coefficient (Wildman–Crippen LogP) is 2.09. The van der Waals surface area contributed by atoms with Gasteiger partial charge in [-0.1, -0.05) is 32.9 Å². The van der Waals surface area contributed by atoms with Gasteiger partial charge in [-0.05, 0) is 30.5 Å². The van der Waals surface area contributed by atoms with Crippen molar-refractivity contribution < 1.29 is 9.59 Å². The summed E-state index contributed by atoms with van der Waals surface area (Å²) in [6.45, 7) is 7.37. The summed E-state index contributed by atoms with van der Waals surface area (Å²) in [5.41, 5.74) is 6.96. The van der Waals surface area contributed by atoms with E-state index in [1.54, 1.807) is 12.1 Å². The summed E-state index contributed by atoms with van der Waals surface area (Å²) in [6, 6.07) is 5.27. The summed E-state index contributed by atoms with van der Waals surface area (Å²) >= 11 is 0. The van der Waals surface area contributed by atoms with Crippen LogP contribution in [0.2, 0.25) is 0 Å². The number of primary amides is 1. The second-order valence-corrected chi connectivity index (χ2v) is 6.40. The lowest BCUT2D eigenvalue weighted by Gasteiger charge is -2.23. The van der Waals surface area contributed by atoms with Gasteiger partial charge in [-0.15, -0.1) is 0 Å². The Labute approximate surface area is 119 Å². The molecule has 2 rings (SSSR count). The number of rotatable bonds is 3. The smallest absolute Gasteiger partial charge is 0.249 e. The summed E-state index contributed by atoms with van der Waals surface area (Å²) in [5, 5.41) is 3.28. The largest absolute Gasteiger partial charge is 0.366 e. The molecule has 1 aliphatic heterocycles. The molecule has 1 aliphatic rings. The van der Waals surface area contributed by atoms with Crippen LogP contribution < -0.4 is 11.1 Å². The highest BCUT2D eigenvalue weighted by Crippen LogP contribution is 2.32. The van der Waals surface area contributed by atoms with Crippen molar-refractivity contribution >= 4 is 11.7 Å². The van der Waals surface area contributed by atoms with Crippen LogP contribution in [0.5, 0.6) is 0 Å². The van der Waals surface area contributed by atoms with Gasteiger partial charge < -0.3 is 11.1 Å². The number of Topliss-reactive ketones (excluding diaryl/α,β-unsaturated/α-hetero) is 1. The van der Waals surface area contributed by atoms with Crippen molar-refractivity contribution in [1.82, 2.24) is 5.32 Å². The quantitative estimate of drug-likeness (QED) is 0.829. The van der Waals surface area contributed by atoms with Crippen molar-refractivity contribution in [3.8, 4) is 0 Å². The Bertz CT molecular complexity index is 538.